The third kappa shape index (κ3) is 5.07. The van der Waals surface area contributed by atoms with Gasteiger partial charge in [0, 0.05) is 27.4 Å². The van der Waals surface area contributed by atoms with Crippen LogP contribution in [0.5, 0.6) is 0 Å². The first-order valence-corrected chi connectivity index (χ1v) is 6.61. The lowest BCUT2D eigenvalue weighted by Gasteiger charge is -2.24. The Morgan fingerprint density at radius 3 is 2.00 bits per heavy atom. The lowest BCUT2D eigenvalue weighted by molar-refractivity contribution is -0.00791. The van der Waals surface area contributed by atoms with Gasteiger partial charge in [0.05, 0.1) is 0 Å². The van der Waals surface area contributed by atoms with E-state index in [9.17, 15) is 0 Å². The van der Waals surface area contributed by atoms with Gasteiger partial charge in [-0.25, -0.2) is 0 Å². The molecule has 0 radical (unpaired) electrons. The summed E-state index contributed by atoms with van der Waals surface area (Å²) in [5.74, 6) is 0.608. The summed E-state index contributed by atoms with van der Waals surface area (Å²) in [4.78, 5) is 0. The quantitative estimate of drug-likeness (QED) is 0.587. The molecular weight excluding hydrogens is 200 g/mol. The Bertz CT molecular complexity index is 137. The molecule has 0 aliphatic heterocycles. The molecule has 0 rings (SSSR count). The van der Waals surface area contributed by atoms with Crippen molar-refractivity contribution < 1.29 is 17.7 Å². The van der Waals surface area contributed by atoms with Crippen LogP contribution in [0.1, 0.15) is 27.2 Å². The predicted octanol–water partition coefficient (Wildman–Crippen LogP) is 1.81. The largest absolute Gasteiger partial charge is 0.679 e. The Morgan fingerprint density at radius 1 is 1.07 bits per heavy atom. The maximum atomic E-state index is 5.55. The van der Waals surface area contributed by atoms with Crippen molar-refractivity contribution in [3.8, 4) is 0 Å². The van der Waals surface area contributed by atoms with Crippen molar-refractivity contribution in [3.05, 3.63) is 0 Å². The maximum Gasteiger partial charge on any atom is 0.679 e. The van der Waals surface area contributed by atoms with E-state index in [1.54, 1.807) is 14.2 Å². The van der Waals surface area contributed by atoms with Crippen LogP contribution in [-0.2, 0) is 17.7 Å². The van der Waals surface area contributed by atoms with Gasteiger partial charge in [-0.1, -0.05) is 13.8 Å². The molecule has 14 heavy (non-hydrogen) atoms. The molecule has 0 N–H and O–H groups in total. The van der Waals surface area contributed by atoms with Gasteiger partial charge < -0.3 is 17.7 Å². The van der Waals surface area contributed by atoms with E-state index in [1.165, 1.54) is 0 Å². The molecule has 86 valence electrons. The molecule has 0 aromatic rings. The molecule has 5 heteroatoms. The predicted molar refractivity (Wildman–Crippen MR) is 56.8 cm³/mol. The summed E-state index contributed by atoms with van der Waals surface area (Å²) >= 11 is 0. The van der Waals surface area contributed by atoms with Crippen LogP contribution in [-0.4, -0.2) is 36.5 Å². The zero-order valence-corrected chi connectivity index (χ0v) is 10.8. The molecule has 0 aromatic heterocycles. The summed E-state index contributed by atoms with van der Waals surface area (Å²) in [6, 6.07) is 0. The zero-order valence-electron chi connectivity index (χ0n) is 9.83. The Hall–Kier alpha value is 0.0569. The van der Waals surface area contributed by atoms with Gasteiger partial charge >= 0.3 is 9.05 Å². The fraction of sp³-hybridized carbons (Fsp3) is 1.00. The van der Waals surface area contributed by atoms with Crippen LogP contribution in [0.2, 0.25) is 0 Å². The van der Waals surface area contributed by atoms with Gasteiger partial charge in [-0.2, -0.15) is 0 Å². The van der Waals surface area contributed by atoms with E-state index in [0.717, 1.165) is 6.42 Å². The van der Waals surface area contributed by atoms with Crippen LogP contribution in [0.25, 0.3) is 0 Å². The number of hydrogen-bond acceptors (Lipinski definition) is 4. The van der Waals surface area contributed by atoms with Crippen LogP contribution in [0.4, 0.5) is 0 Å². The number of rotatable bonds is 8. The highest BCUT2D eigenvalue weighted by Crippen LogP contribution is 2.11. The third-order valence-electron chi connectivity index (χ3n) is 1.80. The summed E-state index contributed by atoms with van der Waals surface area (Å²) in [6.45, 7) is 7.34. The minimum atomic E-state index is -2.81. The molecule has 0 heterocycles. The Kier molecular flexibility index (Phi) is 7.39. The standard InChI is InChI=1S/C9H22O4Si/c1-6-12-14(10-4,11-5)13-8-7-9(2)3/h9H,6-8H2,1-5H3. The SMILES string of the molecule is CCO[Si](OC)(OC)OCCC(C)C. The van der Waals surface area contributed by atoms with E-state index in [4.69, 9.17) is 17.7 Å². The molecule has 0 saturated carbocycles. The second-order valence-corrected chi connectivity index (χ2v) is 5.77. The molecule has 0 amide bonds. The second kappa shape index (κ2) is 7.36. The molecule has 0 fully saturated rings. The van der Waals surface area contributed by atoms with Gasteiger partial charge in [-0.3, -0.25) is 0 Å². The van der Waals surface area contributed by atoms with E-state index >= 15 is 0 Å². The third-order valence-corrected chi connectivity index (χ3v) is 4.00. The average Bonchev–Trinajstić information content (AvgIpc) is 2.16. The van der Waals surface area contributed by atoms with E-state index < -0.39 is 9.05 Å². The van der Waals surface area contributed by atoms with Gasteiger partial charge in [-0.15, -0.1) is 0 Å². The van der Waals surface area contributed by atoms with Crippen molar-refractivity contribution >= 4 is 9.05 Å². The first-order valence-electron chi connectivity index (χ1n) is 4.98. The van der Waals surface area contributed by atoms with E-state index in [2.05, 4.69) is 13.8 Å². The molecule has 0 aliphatic rings. The highest BCUT2D eigenvalue weighted by Gasteiger charge is 2.42. The van der Waals surface area contributed by atoms with Gasteiger partial charge in [0.2, 0.25) is 0 Å². The molecule has 0 bridgehead atoms. The van der Waals surface area contributed by atoms with Crippen LogP contribution < -0.4 is 0 Å². The van der Waals surface area contributed by atoms with Crippen LogP contribution in [0, 0.1) is 5.92 Å². The van der Waals surface area contributed by atoms with Crippen molar-refractivity contribution in [2.45, 2.75) is 27.2 Å². The van der Waals surface area contributed by atoms with Crippen molar-refractivity contribution in [3.63, 3.8) is 0 Å². The molecular formula is C9H22O4Si. The topological polar surface area (TPSA) is 36.9 Å². The van der Waals surface area contributed by atoms with Gasteiger partial charge in [0.25, 0.3) is 0 Å². The van der Waals surface area contributed by atoms with Crippen molar-refractivity contribution in [1.82, 2.24) is 0 Å². The van der Waals surface area contributed by atoms with Crippen LogP contribution in [0.3, 0.4) is 0 Å². The minimum Gasteiger partial charge on any atom is -0.355 e. The number of hydrogen-bond donors (Lipinski definition) is 0. The monoisotopic (exact) mass is 222 g/mol. The second-order valence-electron chi connectivity index (χ2n) is 3.37. The van der Waals surface area contributed by atoms with Crippen molar-refractivity contribution in [2.24, 2.45) is 5.92 Å². The molecule has 0 spiro atoms. The summed E-state index contributed by atoms with van der Waals surface area (Å²) in [7, 11) is 0.302. The van der Waals surface area contributed by atoms with Gasteiger partial charge in [0.15, 0.2) is 0 Å². The lowest BCUT2D eigenvalue weighted by Crippen LogP contribution is -2.47. The zero-order chi connectivity index (χ0) is 11.0. The fourth-order valence-corrected chi connectivity index (χ4v) is 2.40. The molecule has 4 nitrogen and oxygen atoms in total. The summed E-state index contributed by atoms with van der Waals surface area (Å²) < 4.78 is 21.3. The molecule has 0 aliphatic carbocycles. The van der Waals surface area contributed by atoms with E-state index in [0.29, 0.717) is 19.1 Å². The molecule has 0 aromatic carbocycles. The van der Waals surface area contributed by atoms with Crippen LogP contribution >= 0.6 is 0 Å². The smallest absolute Gasteiger partial charge is 0.355 e. The van der Waals surface area contributed by atoms with Crippen molar-refractivity contribution in [1.29, 1.82) is 0 Å². The van der Waals surface area contributed by atoms with Gasteiger partial charge in [-0.05, 0) is 19.3 Å². The normalized spacial score (nSPS) is 12.4. The van der Waals surface area contributed by atoms with Crippen LogP contribution in [0.15, 0.2) is 0 Å². The van der Waals surface area contributed by atoms with Gasteiger partial charge in [0.1, 0.15) is 0 Å². The molecule has 0 saturated heterocycles. The highest BCUT2D eigenvalue weighted by molar-refractivity contribution is 6.53. The maximum absolute atomic E-state index is 5.55. The summed E-state index contributed by atoms with van der Waals surface area (Å²) in [6.07, 6.45) is 0.981. The summed E-state index contributed by atoms with van der Waals surface area (Å²) in [5.41, 5.74) is 0. The average molecular weight is 222 g/mol. The molecule has 0 unspecified atom stereocenters. The lowest BCUT2D eigenvalue weighted by atomic mass is 10.2. The summed E-state index contributed by atoms with van der Waals surface area (Å²) in [5, 5.41) is 0. The Labute approximate surface area is 88.0 Å². The highest BCUT2D eigenvalue weighted by atomic mass is 28.4. The first kappa shape index (κ1) is 14.1. The molecule has 0 atom stereocenters. The Morgan fingerprint density at radius 2 is 1.64 bits per heavy atom. The van der Waals surface area contributed by atoms with Crippen molar-refractivity contribution in [2.75, 3.05) is 27.4 Å². The van der Waals surface area contributed by atoms with E-state index in [-0.39, 0.29) is 0 Å². The Balaban J connectivity index is 3.94. The van der Waals surface area contributed by atoms with E-state index in [1.807, 2.05) is 6.92 Å². The first-order chi connectivity index (χ1) is 6.60. The minimum absolute atomic E-state index is 0.537. The fourth-order valence-electron chi connectivity index (χ4n) is 0.957.